The molecule has 2 aromatic heterocycles. The molecule has 0 fully saturated rings. The Labute approximate surface area is 169 Å². The molecular formula is C17H11Cl4N3O2. The molecule has 1 aromatic carbocycles. The molecule has 1 amide bonds. The smallest absolute Gasteiger partial charge is 0.263 e. The van der Waals surface area contributed by atoms with E-state index in [1.165, 1.54) is 12.3 Å². The maximum atomic E-state index is 12.1. The minimum Gasteiger partial charge on any atom is -0.480 e. The minimum absolute atomic E-state index is 0.186. The van der Waals surface area contributed by atoms with Gasteiger partial charge in [0.1, 0.15) is 5.52 Å². The molecule has 5 nitrogen and oxygen atoms in total. The maximum Gasteiger partial charge on any atom is 0.263 e. The Hall–Kier alpha value is -1.79. The molecule has 1 N–H and O–H groups in total. The Kier molecular flexibility index (Phi) is 5.73. The molecule has 3 rings (SSSR count). The van der Waals surface area contributed by atoms with Crippen LogP contribution < -0.4 is 10.1 Å². The van der Waals surface area contributed by atoms with E-state index in [0.717, 1.165) is 5.69 Å². The van der Waals surface area contributed by atoms with Gasteiger partial charge in [-0.15, -0.1) is 0 Å². The van der Waals surface area contributed by atoms with Crippen LogP contribution in [0.15, 0.2) is 30.5 Å². The van der Waals surface area contributed by atoms with E-state index < -0.39 is 5.91 Å². The van der Waals surface area contributed by atoms with E-state index in [-0.39, 0.29) is 28.2 Å². The molecule has 0 bridgehead atoms. The number of anilines is 1. The van der Waals surface area contributed by atoms with Crippen molar-refractivity contribution in [3.05, 3.63) is 56.2 Å². The van der Waals surface area contributed by atoms with Crippen LogP contribution in [-0.4, -0.2) is 22.5 Å². The van der Waals surface area contributed by atoms with Crippen LogP contribution in [0.1, 0.15) is 5.69 Å². The lowest BCUT2D eigenvalue weighted by Gasteiger charge is -2.12. The maximum absolute atomic E-state index is 12.1. The topological polar surface area (TPSA) is 64.1 Å². The van der Waals surface area contributed by atoms with Crippen LogP contribution in [0.5, 0.6) is 5.75 Å². The number of halogens is 4. The van der Waals surface area contributed by atoms with E-state index >= 15 is 0 Å². The van der Waals surface area contributed by atoms with Crippen molar-refractivity contribution in [2.45, 2.75) is 6.92 Å². The fourth-order valence-corrected chi connectivity index (χ4v) is 3.24. The summed E-state index contributed by atoms with van der Waals surface area (Å²) in [6.07, 6.45) is 1.38. The number of nitrogens with one attached hydrogen (secondary N) is 1. The van der Waals surface area contributed by atoms with Gasteiger partial charge in [-0.1, -0.05) is 46.4 Å². The van der Waals surface area contributed by atoms with Crippen molar-refractivity contribution in [1.82, 2.24) is 9.97 Å². The first-order chi connectivity index (χ1) is 12.3. The Bertz CT molecular complexity index is 1010. The van der Waals surface area contributed by atoms with Gasteiger partial charge in [0.15, 0.2) is 18.2 Å². The molecule has 0 unspecified atom stereocenters. The van der Waals surface area contributed by atoms with Crippen LogP contribution in [0.2, 0.25) is 20.1 Å². The lowest BCUT2D eigenvalue weighted by atomic mass is 10.2. The van der Waals surface area contributed by atoms with E-state index in [9.17, 15) is 4.79 Å². The average Bonchev–Trinajstić information content (AvgIpc) is 2.57. The molecule has 9 heteroatoms. The highest BCUT2D eigenvalue weighted by atomic mass is 35.5. The van der Waals surface area contributed by atoms with Crippen LogP contribution in [0.3, 0.4) is 0 Å². The highest BCUT2D eigenvalue weighted by molar-refractivity contribution is 6.39. The second-order valence-electron chi connectivity index (χ2n) is 5.34. The van der Waals surface area contributed by atoms with Crippen LogP contribution in [0.4, 0.5) is 5.82 Å². The minimum atomic E-state index is -0.464. The molecule has 0 radical (unpaired) electrons. The van der Waals surface area contributed by atoms with Gasteiger partial charge in [-0.3, -0.25) is 4.79 Å². The standard InChI is InChI=1S/C17H11Cl4N3O2/c1-8-2-3-10-11(19)5-12(20)16(15(10)23-8)26-7-14(25)24-17-13(21)4-9(18)6-22-17/h2-6H,7H2,1H3,(H,22,24,25). The van der Waals surface area contributed by atoms with Gasteiger partial charge in [0.05, 0.1) is 20.1 Å². The molecule has 0 atom stereocenters. The first-order valence-electron chi connectivity index (χ1n) is 7.34. The largest absolute Gasteiger partial charge is 0.480 e. The highest BCUT2D eigenvalue weighted by Gasteiger charge is 2.15. The zero-order valence-corrected chi connectivity index (χ0v) is 16.3. The predicted octanol–water partition coefficient (Wildman–Crippen LogP) is 5.57. The molecule has 0 saturated heterocycles. The van der Waals surface area contributed by atoms with Crippen molar-refractivity contribution in [3.63, 3.8) is 0 Å². The number of benzene rings is 1. The van der Waals surface area contributed by atoms with Gasteiger partial charge in [0, 0.05) is 17.3 Å². The zero-order valence-electron chi connectivity index (χ0n) is 13.3. The Morgan fingerprint density at radius 3 is 2.62 bits per heavy atom. The SMILES string of the molecule is Cc1ccc2c(Cl)cc(Cl)c(OCC(=O)Nc3ncc(Cl)cc3Cl)c2n1. The van der Waals surface area contributed by atoms with Crippen molar-refractivity contribution in [1.29, 1.82) is 0 Å². The van der Waals surface area contributed by atoms with E-state index in [2.05, 4.69) is 15.3 Å². The van der Waals surface area contributed by atoms with Crippen LogP contribution in [-0.2, 0) is 4.79 Å². The van der Waals surface area contributed by atoms with E-state index in [1.807, 2.05) is 19.1 Å². The summed E-state index contributed by atoms with van der Waals surface area (Å²) in [7, 11) is 0. The number of aryl methyl sites for hydroxylation is 1. The predicted molar refractivity (Wildman–Crippen MR) is 105 cm³/mol. The molecular weight excluding hydrogens is 420 g/mol. The molecule has 0 saturated carbocycles. The number of fused-ring (bicyclic) bond motifs is 1. The summed E-state index contributed by atoms with van der Waals surface area (Å²) in [5, 5.41) is 4.52. The fourth-order valence-electron chi connectivity index (χ4n) is 2.24. The number of pyridine rings is 2. The van der Waals surface area contributed by atoms with E-state index in [1.54, 1.807) is 6.07 Å². The molecule has 3 aromatic rings. The van der Waals surface area contributed by atoms with Gasteiger partial charge < -0.3 is 10.1 Å². The quantitative estimate of drug-likeness (QED) is 0.587. The van der Waals surface area contributed by atoms with E-state index in [4.69, 9.17) is 51.1 Å². The molecule has 134 valence electrons. The number of ether oxygens (including phenoxy) is 1. The number of amides is 1. The molecule has 0 aliphatic carbocycles. The summed E-state index contributed by atoms with van der Waals surface area (Å²) < 4.78 is 5.60. The summed E-state index contributed by atoms with van der Waals surface area (Å²) >= 11 is 24.2. The van der Waals surface area contributed by atoms with Crippen molar-refractivity contribution < 1.29 is 9.53 Å². The lowest BCUT2D eigenvalue weighted by Crippen LogP contribution is -2.21. The van der Waals surface area contributed by atoms with Crippen molar-refractivity contribution in [2.75, 3.05) is 11.9 Å². The number of hydrogen-bond donors (Lipinski definition) is 1. The third-order valence-corrected chi connectivity index (χ3v) is 4.48. The molecule has 26 heavy (non-hydrogen) atoms. The number of nitrogens with zero attached hydrogens (tertiary/aromatic N) is 2. The number of aromatic nitrogens is 2. The second kappa shape index (κ2) is 7.84. The van der Waals surface area contributed by atoms with Crippen LogP contribution >= 0.6 is 46.4 Å². The summed E-state index contributed by atoms with van der Waals surface area (Å²) in [4.78, 5) is 20.5. The third-order valence-electron chi connectivity index (χ3n) is 3.39. The highest BCUT2D eigenvalue weighted by Crippen LogP contribution is 2.37. The number of carbonyl (C=O) groups is 1. The summed E-state index contributed by atoms with van der Waals surface area (Å²) in [6, 6.07) is 6.67. The fraction of sp³-hybridized carbons (Fsp3) is 0.118. The Morgan fingerprint density at radius 1 is 1.12 bits per heavy atom. The van der Waals surface area contributed by atoms with Gasteiger partial charge in [-0.05, 0) is 31.2 Å². The first kappa shape index (κ1) is 19.0. The number of carbonyl (C=O) groups excluding carboxylic acids is 1. The summed E-state index contributed by atoms with van der Waals surface area (Å²) in [5.41, 5.74) is 1.25. The Balaban J connectivity index is 1.81. The average molecular weight is 431 g/mol. The van der Waals surface area contributed by atoms with Gasteiger partial charge >= 0.3 is 0 Å². The normalized spacial score (nSPS) is 10.8. The van der Waals surface area contributed by atoms with Crippen molar-refractivity contribution in [3.8, 4) is 5.75 Å². The van der Waals surface area contributed by atoms with Crippen molar-refractivity contribution in [2.24, 2.45) is 0 Å². The van der Waals surface area contributed by atoms with Gasteiger partial charge in [-0.25, -0.2) is 9.97 Å². The first-order valence-corrected chi connectivity index (χ1v) is 8.85. The van der Waals surface area contributed by atoms with Crippen molar-refractivity contribution >= 4 is 69.0 Å². The molecule has 0 spiro atoms. The van der Waals surface area contributed by atoms with E-state index in [0.29, 0.717) is 20.9 Å². The molecule has 0 aliphatic rings. The monoisotopic (exact) mass is 429 g/mol. The number of rotatable bonds is 4. The van der Waals surface area contributed by atoms with Crippen LogP contribution in [0.25, 0.3) is 10.9 Å². The Morgan fingerprint density at radius 2 is 1.88 bits per heavy atom. The summed E-state index contributed by atoms with van der Waals surface area (Å²) in [5.74, 6) is -0.000631. The zero-order chi connectivity index (χ0) is 18.8. The van der Waals surface area contributed by atoms with Gasteiger partial charge in [0.25, 0.3) is 5.91 Å². The van der Waals surface area contributed by atoms with Crippen LogP contribution in [0, 0.1) is 6.92 Å². The third kappa shape index (κ3) is 4.13. The lowest BCUT2D eigenvalue weighted by molar-refractivity contribution is -0.118. The molecule has 0 aliphatic heterocycles. The molecule has 2 heterocycles. The summed E-state index contributed by atoms with van der Waals surface area (Å²) in [6.45, 7) is 1.52. The second-order valence-corrected chi connectivity index (χ2v) is 7.00. The van der Waals surface area contributed by atoms with Gasteiger partial charge in [0.2, 0.25) is 0 Å². The number of hydrogen-bond acceptors (Lipinski definition) is 4. The van der Waals surface area contributed by atoms with Gasteiger partial charge in [-0.2, -0.15) is 0 Å².